The van der Waals surface area contributed by atoms with Gasteiger partial charge in [0.05, 0.1) is 5.69 Å². The first kappa shape index (κ1) is 14.2. The zero-order valence-electron chi connectivity index (χ0n) is 8.65. The van der Waals surface area contributed by atoms with Crippen LogP contribution in [0.25, 0.3) is 0 Å². The Kier molecular flexibility index (Phi) is 4.31. The lowest BCUT2D eigenvalue weighted by molar-refractivity contribution is -0.136. The number of aliphatic carboxylic acids is 1. The van der Waals surface area contributed by atoms with Gasteiger partial charge in [0, 0.05) is 3.57 Å². The highest BCUT2D eigenvalue weighted by molar-refractivity contribution is 14.1. The molecular formula is C9H9FINO4S. The van der Waals surface area contributed by atoms with Crippen LogP contribution in [0.15, 0.2) is 18.2 Å². The summed E-state index contributed by atoms with van der Waals surface area (Å²) in [5, 5.41) is 7.05. The molecule has 17 heavy (non-hydrogen) atoms. The summed E-state index contributed by atoms with van der Waals surface area (Å²) in [5.41, 5.74) is 0.153. The lowest BCUT2D eigenvalue weighted by Gasteiger charge is -2.12. The van der Waals surface area contributed by atoms with Crippen molar-refractivity contribution in [1.29, 1.82) is 0 Å². The van der Waals surface area contributed by atoms with Gasteiger partial charge in [0.15, 0.2) is 5.25 Å². The van der Waals surface area contributed by atoms with Crippen LogP contribution < -0.4 is 4.72 Å². The smallest absolute Gasteiger partial charge is 0.323 e. The van der Waals surface area contributed by atoms with Gasteiger partial charge in [-0.3, -0.25) is 9.52 Å². The van der Waals surface area contributed by atoms with Crippen molar-refractivity contribution in [1.82, 2.24) is 0 Å². The van der Waals surface area contributed by atoms with Crippen LogP contribution in [-0.4, -0.2) is 24.7 Å². The minimum atomic E-state index is -4.02. The van der Waals surface area contributed by atoms with Crippen molar-refractivity contribution in [3.63, 3.8) is 0 Å². The third-order valence-electron chi connectivity index (χ3n) is 2.00. The zero-order valence-corrected chi connectivity index (χ0v) is 11.6. The summed E-state index contributed by atoms with van der Waals surface area (Å²) < 4.78 is 38.4. The Balaban J connectivity index is 3.02. The number of halogens is 2. The quantitative estimate of drug-likeness (QED) is 0.787. The molecule has 5 nitrogen and oxygen atoms in total. The Bertz CT molecular complexity index is 546. The first-order valence-electron chi connectivity index (χ1n) is 4.43. The normalized spacial score (nSPS) is 13.1. The number of carbonyl (C=O) groups is 1. The van der Waals surface area contributed by atoms with E-state index in [1.165, 1.54) is 6.07 Å². The average molecular weight is 373 g/mol. The van der Waals surface area contributed by atoms with Gasteiger partial charge in [0.1, 0.15) is 5.82 Å². The molecule has 8 heteroatoms. The lowest BCUT2D eigenvalue weighted by atomic mass is 10.3. The van der Waals surface area contributed by atoms with Crippen molar-refractivity contribution in [3.05, 3.63) is 27.6 Å². The first-order chi connectivity index (χ1) is 7.74. The molecule has 1 rings (SSSR count). The van der Waals surface area contributed by atoms with E-state index in [4.69, 9.17) is 5.11 Å². The molecule has 1 unspecified atom stereocenters. The van der Waals surface area contributed by atoms with Crippen LogP contribution in [0.5, 0.6) is 0 Å². The summed E-state index contributed by atoms with van der Waals surface area (Å²) in [6, 6.07) is 3.47. The van der Waals surface area contributed by atoms with E-state index in [0.29, 0.717) is 3.57 Å². The number of carboxylic acids is 1. The summed E-state index contributed by atoms with van der Waals surface area (Å²) in [6.07, 6.45) is 0. The molecule has 0 fully saturated rings. The Hall–Kier alpha value is -0.900. The average Bonchev–Trinajstić information content (AvgIpc) is 2.21. The van der Waals surface area contributed by atoms with Crippen molar-refractivity contribution in [2.75, 3.05) is 4.72 Å². The Morgan fingerprint density at radius 1 is 1.53 bits per heavy atom. The number of benzene rings is 1. The molecular weight excluding hydrogens is 364 g/mol. The maximum absolute atomic E-state index is 12.8. The summed E-state index contributed by atoms with van der Waals surface area (Å²) >= 11 is 1.75. The van der Waals surface area contributed by atoms with E-state index in [9.17, 15) is 17.6 Å². The third kappa shape index (κ3) is 3.53. The molecule has 0 aromatic heterocycles. The number of carboxylic acid groups (broad SMARTS) is 1. The second-order valence-electron chi connectivity index (χ2n) is 3.25. The third-order valence-corrected chi connectivity index (χ3v) is 4.53. The van der Waals surface area contributed by atoms with Crippen LogP contribution in [0, 0.1) is 9.39 Å². The molecule has 0 aliphatic rings. The number of anilines is 1. The zero-order chi connectivity index (χ0) is 13.2. The van der Waals surface area contributed by atoms with E-state index in [1.807, 2.05) is 0 Å². The number of nitrogens with one attached hydrogen (secondary N) is 1. The number of hydrogen-bond donors (Lipinski definition) is 2. The number of sulfonamides is 1. The van der Waals surface area contributed by atoms with Crippen LogP contribution in [0.2, 0.25) is 0 Å². The van der Waals surface area contributed by atoms with Crippen LogP contribution in [0.3, 0.4) is 0 Å². The number of rotatable bonds is 4. The highest BCUT2D eigenvalue weighted by Gasteiger charge is 2.28. The second-order valence-corrected chi connectivity index (χ2v) is 6.42. The van der Waals surface area contributed by atoms with E-state index in [-0.39, 0.29) is 5.69 Å². The summed E-state index contributed by atoms with van der Waals surface area (Å²) in [7, 11) is -4.02. The van der Waals surface area contributed by atoms with Crippen LogP contribution in [0.1, 0.15) is 6.92 Å². The van der Waals surface area contributed by atoms with Crippen molar-refractivity contribution in [3.8, 4) is 0 Å². The van der Waals surface area contributed by atoms with Crippen molar-refractivity contribution < 1.29 is 22.7 Å². The molecule has 0 radical (unpaired) electrons. The van der Waals surface area contributed by atoms with Crippen molar-refractivity contribution >= 4 is 44.3 Å². The molecule has 2 N–H and O–H groups in total. The van der Waals surface area contributed by atoms with Gasteiger partial charge in [0.25, 0.3) is 0 Å². The minimum absolute atomic E-state index is 0.153. The van der Waals surface area contributed by atoms with Gasteiger partial charge in [-0.2, -0.15) is 0 Å². The summed E-state index contributed by atoms with van der Waals surface area (Å²) in [5.74, 6) is -1.95. The summed E-state index contributed by atoms with van der Waals surface area (Å²) in [6.45, 7) is 1.06. The topological polar surface area (TPSA) is 83.5 Å². The molecule has 1 atom stereocenters. The van der Waals surface area contributed by atoms with Gasteiger partial charge in [-0.1, -0.05) is 0 Å². The van der Waals surface area contributed by atoms with Crippen LogP contribution in [0.4, 0.5) is 10.1 Å². The molecule has 0 bridgehead atoms. The highest BCUT2D eigenvalue weighted by Crippen LogP contribution is 2.21. The molecule has 0 saturated carbocycles. The van der Waals surface area contributed by atoms with E-state index >= 15 is 0 Å². The molecule has 0 amide bonds. The Labute approximate surface area is 111 Å². The SMILES string of the molecule is CC(C(=O)O)S(=O)(=O)Nc1ccc(F)cc1I. The van der Waals surface area contributed by atoms with Gasteiger partial charge >= 0.3 is 5.97 Å². The van der Waals surface area contributed by atoms with E-state index in [0.717, 1.165) is 19.1 Å². The maximum atomic E-state index is 12.8. The highest BCUT2D eigenvalue weighted by atomic mass is 127. The summed E-state index contributed by atoms with van der Waals surface area (Å²) in [4.78, 5) is 10.6. The lowest BCUT2D eigenvalue weighted by Crippen LogP contribution is -2.32. The maximum Gasteiger partial charge on any atom is 0.323 e. The molecule has 94 valence electrons. The van der Waals surface area contributed by atoms with Gasteiger partial charge < -0.3 is 5.11 Å². The molecule has 0 aliphatic carbocycles. The predicted octanol–water partition coefficient (Wildman–Crippen LogP) is 1.65. The van der Waals surface area contributed by atoms with E-state index < -0.39 is 27.1 Å². The molecule has 0 spiro atoms. The van der Waals surface area contributed by atoms with Gasteiger partial charge in [0.2, 0.25) is 10.0 Å². The van der Waals surface area contributed by atoms with Crippen molar-refractivity contribution in [2.24, 2.45) is 0 Å². The fraction of sp³-hybridized carbons (Fsp3) is 0.222. The molecule has 0 aliphatic heterocycles. The monoisotopic (exact) mass is 373 g/mol. The van der Waals surface area contributed by atoms with Crippen LogP contribution in [-0.2, 0) is 14.8 Å². The van der Waals surface area contributed by atoms with Crippen molar-refractivity contribution in [2.45, 2.75) is 12.2 Å². The Morgan fingerprint density at radius 2 is 2.12 bits per heavy atom. The van der Waals surface area contributed by atoms with E-state index in [2.05, 4.69) is 4.72 Å². The molecule has 1 aromatic carbocycles. The van der Waals surface area contributed by atoms with Crippen LogP contribution >= 0.6 is 22.6 Å². The number of hydrogen-bond acceptors (Lipinski definition) is 3. The minimum Gasteiger partial charge on any atom is -0.480 e. The molecule has 1 aromatic rings. The predicted molar refractivity (Wildman–Crippen MR) is 68.8 cm³/mol. The fourth-order valence-electron chi connectivity index (χ4n) is 0.947. The molecule has 0 saturated heterocycles. The second kappa shape index (κ2) is 5.17. The standard InChI is InChI=1S/C9H9FINO4S/c1-5(9(13)14)17(15,16)12-8-3-2-6(10)4-7(8)11/h2-5,12H,1H3,(H,13,14). The molecule has 0 heterocycles. The Morgan fingerprint density at radius 3 is 2.59 bits per heavy atom. The fourth-order valence-corrected chi connectivity index (χ4v) is 2.67. The van der Waals surface area contributed by atoms with Gasteiger partial charge in [-0.15, -0.1) is 0 Å². The van der Waals surface area contributed by atoms with Gasteiger partial charge in [-0.05, 0) is 47.7 Å². The largest absolute Gasteiger partial charge is 0.480 e. The van der Waals surface area contributed by atoms with E-state index in [1.54, 1.807) is 22.6 Å². The first-order valence-corrected chi connectivity index (χ1v) is 7.06. The van der Waals surface area contributed by atoms with Gasteiger partial charge in [-0.25, -0.2) is 12.8 Å².